The molecule has 1 heterocycles. The lowest BCUT2D eigenvalue weighted by Gasteiger charge is -2.07. The van der Waals surface area contributed by atoms with Crippen LogP contribution in [0.4, 0.5) is 14.5 Å². The Morgan fingerprint density at radius 2 is 2.04 bits per heavy atom. The summed E-state index contributed by atoms with van der Waals surface area (Å²) in [4.78, 5) is 27.7. The van der Waals surface area contributed by atoms with E-state index in [0.29, 0.717) is 39.2 Å². The monoisotopic (exact) mass is 368 g/mol. The van der Waals surface area contributed by atoms with E-state index in [1.54, 1.807) is 32.9 Å². The standard InChI is InChI=1S/C17H18F2N2O3S/c1-4-24-16(23)13-9(2)14(20-10(13)3)15(22)21-11-6-5-7-12(8-11)25-17(18)19/h5-8,17,20H,4H2,1-3H3,(H,21,22). The number of esters is 1. The summed E-state index contributed by atoms with van der Waals surface area (Å²) in [6.45, 7) is 5.26. The summed E-state index contributed by atoms with van der Waals surface area (Å²) in [5.74, 6) is -3.50. The SMILES string of the molecule is CCOC(=O)c1c(C)[nH]c(C(=O)Nc2cccc(SC(F)F)c2)c1C. The van der Waals surface area contributed by atoms with Crippen LogP contribution in [0, 0.1) is 13.8 Å². The Morgan fingerprint density at radius 1 is 1.32 bits per heavy atom. The first-order valence-electron chi connectivity index (χ1n) is 7.56. The largest absolute Gasteiger partial charge is 0.462 e. The zero-order chi connectivity index (χ0) is 18.6. The van der Waals surface area contributed by atoms with Gasteiger partial charge >= 0.3 is 5.97 Å². The third-order valence-corrected chi connectivity index (χ3v) is 4.17. The molecule has 2 rings (SSSR count). The van der Waals surface area contributed by atoms with Crippen LogP contribution < -0.4 is 5.32 Å². The highest BCUT2D eigenvalue weighted by Gasteiger charge is 2.23. The lowest BCUT2D eigenvalue weighted by molar-refractivity contribution is 0.0525. The average molecular weight is 368 g/mol. The van der Waals surface area contributed by atoms with Crippen molar-refractivity contribution in [1.29, 1.82) is 0 Å². The Kier molecular flexibility index (Phi) is 6.19. The van der Waals surface area contributed by atoms with Gasteiger partial charge in [0, 0.05) is 16.3 Å². The van der Waals surface area contributed by atoms with Crippen molar-refractivity contribution >= 4 is 29.3 Å². The molecular weight excluding hydrogens is 350 g/mol. The van der Waals surface area contributed by atoms with Crippen LogP contribution >= 0.6 is 11.8 Å². The molecule has 2 aromatic rings. The first kappa shape index (κ1) is 19.0. The molecule has 0 aliphatic heterocycles. The second-order valence-corrected chi connectivity index (χ2v) is 6.27. The summed E-state index contributed by atoms with van der Waals surface area (Å²) in [5.41, 5.74) is 1.95. The van der Waals surface area contributed by atoms with Crippen molar-refractivity contribution in [3.05, 3.63) is 46.8 Å². The van der Waals surface area contributed by atoms with Crippen molar-refractivity contribution in [2.45, 2.75) is 31.4 Å². The second kappa shape index (κ2) is 8.15. The molecule has 0 atom stereocenters. The number of H-pyrrole nitrogens is 1. The molecule has 1 amide bonds. The number of carbonyl (C=O) groups excluding carboxylic acids is 2. The minimum atomic E-state index is -2.54. The second-order valence-electron chi connectivity index (χ2n) is 5.21. The van der Waals surface area contributed by atoms with Crippen LogP contribution in [0.15, 0.2) is 29.2 Å². The molecule has 134 valence electrons. The van der Waals surface area contributed by atoms with Crippen molar-refractivity contribution in [3.63, 3.8) is 0 Å². The van der Waals surface area contributed by atoms with E-state index in [9.17, 15) is 18.4 Å². The van der Waals surface area contributed by atoms with Crippen LogP contribution in [-0.2, 0) is 4.74 Å². The molecule has 0 aliphatic carbocycles. The zero-order valence-electron chi connectivity index (χ0n) is 14.0. The highest BCUT2D eigenvalue weighted by atomic mass is 32.2. The number of halogens is 2. The summed E-state index contributed by atoms with van der Waals surface area (Å²) in [6.07, 6.45) is 0. The van der Waals surface area contributed by atoms with Crippen molar-refractivity contribution < 1.29 is 23.1 Å². The van der Waals surface area contributed by atoms with Gasteiger partial charge in [0.15, 0.2) is 0 Å². The molecule has 0 fully saturated rings. The Morgan fingerprint density at radius 3 is 2.68 bits per heavy atom. The molecule has 0 bridgehead atoms. The van der Waals surface area contributed by atoms with Gasteiger partial charge in [0.25, 0.3) is 11.7 Å². The molecule has 1 aromatic heterocycles. The van der Waals surface area contributed by atoms with Crippen LogP contribution in [0.5, 0.6) is 0 Å². The first-order valence-corrected chi connectivity index (χ1v) is 8.44. The van der Waals surface area contributed by atoms with Crippen molar-refractivity contribution in [1.82, 2.24) is 4.98 Å². The van der Waals surface area contributed by atoms with Gasteiger partial charge in [-0.15, -0.1) is 0 Å². The molecule has 0 radical (unpaired) electrons. The number of ether oxygens (including phenoxy) is 1. The maximum atomic E-state index is 12.5. The number of anilines is 1. The van der Waals surface area contributed by atoms with Gasteiger partial charge < -0.3 is 15.0 Å². The third-order valence-electron chi connectivity index (χ3n) is 3.46. The molecule has 5 nitrogen and oxygen atoms in total. The molecular formula is C17H18F2N2O3S. The number of aryl methyl sites for hydroxylation is 1. The molecule has 0 saturated carbocycles. The fraction of sp³-hybridized carbons (Fsp3) is 0.294. The van der Waals surface area contributed by atoms with E-state index in [0.717, 1.165) is 0 Å². The van der Waals surface area contributed by atoms with E-state index in [2.05, 4.69) is 10.3 Å². The normalized spacial score (nSPS) is 10.8. The van der Waals surface area contributed by atoms with Crippen molar-refractivity contribution in [3.8, 4) is 0 Å². The predicted octanol–water partition coefficient (Wildman–Crippen LogP) is 4.38. The van der Waals surface area contributed by atoms with Gasteiger partial charge in [-0.2, -0.15) is 8.78 Å². The summed E-state index contributed by atoms with van der Waals surface area (Å²) in [6, 6.07) is 6.18. The number of aromatic nitrogens is 1. The third kappa shape index (κ3) is 4.60. The van der Waals surface area contributed by atoms with E-state index in [1.165, 1.54) is 12.1 Å². The number of carbonyl (C=O) groups is 2. The zero-order valence-corrected chi connectivity index (χ0v) is 14.8. The van der Waals surface area contributed by atoms with Gasteiger partial charge in [0.05, 0.1) is 12.2 Å². The summed E-state index contributed by atoms with van der Waals surface area (Å²) < 4.78 is 29.9. The van der Waals surface area contributed by atoms with Gasteiger partial charge in [-0.3, -0.25) is 4.79 Å². The molecule has 2 N–H and O–H groups in total. The maximum Gasteiger partial charge on any atom is 0.340 e. The highest BCUT2D eigenvalue weighted by Crippen LogP contribution is 2.27. The van der Waals surface area contributed by atoms with Gasteiger partial charge in [0.1, 0.15) is 5.69 Å². The summed E-state index contributed by atoms with van der Waals surface area (Å²) in [5, 5.41) is 2.64. The highest BCUT2D eigenvalue weighted by molar-refractivity contribution is 7.99. The minimum absolute atomic E-state index is 0.229. The smallest absolute Gasteiger partial charge is 0.340 e. The molecule has 0 saturated heterocycles. The van der Waals surface area contributed by atoms with Crippen LogP contribution in [0.1, 0.15) is 39.0 Å². The number of rotatable bonds is 6. The van der Waals surface area contributed by atoms with Crippen molar-refractivity contribution in [2.75, 3.05) is 11.9 Å². The van der Waals surface area contributed by atoms with Gasteiger partial charge in [0.2, 0.25) is 0 Å². The lowest BCUT2D eigenvalue weighted by atomic mass is 10.1. The lowest BCUT2D eigenvalue weighted by Crippen LogP contribution is -2.14. The van der Waals surface area contributed by atoms with Crippen LogP contribution in [-0.4, -0.2) is 29.2 Å². The topological polar surface area (TPSA) is 71.2 Å². The molecule has 1 aromatic carbocycles. The molecule has 0 aliphatic rings. The average Bonchev–Trinajstić information content (AvgIpc) is 2.82. The Balaban J connectivity index is 2.22. The fourth-order valence-corrected chi connectivity index (χ4v) is 2.99. The molecule has 0 spiro atoms. The maximum absolute atomic E-state index is 12.5. The Bertz CT molecular complexity index is 790. The quantitative estimate of drug-likeness (QED) is 0.586. The number of aromatic amines is 1. The number of amides is 1. The molecule has 25 heavy (non-hydrogen) atoms. The van der Waals surface area contributed by atoms with Crippen LogP contribution in [0.2, 0.25) is 0 Å². The summed E-state index contributed by atoms with van der Waals surface area (Å²) >= 11 is 0.401. The number of nitrogens with one attached hydrogen (secondary N) is 2. The van der Waals surface area contributed by atoms with Gasteiger partial charge in [-0.25, -0.2) is 4.79 Å². The Hall–Kier alpha value is -2.35. The van der Waals surface area contributed by atoms with E-state index < -0.39 is 17.6 Å². The number of hydrogen-bond acceptors (Lipinski definition) is 4. The Labute approximate surface area is 148 Å². The summed E-state index contributed by atoms with van der Waals surface area (Å²) in [7, 11) is 0. The molecule has 0 unspecified atom stereocenters. The number of benzene rings is 1. The number of hydrogen-bond donors (Lipinski definition) is 2. The van der Waals surface area contributed by atoms with E-state index in [4.69, 9.17) is 4.74 Å². The first-order chi connectivity index (χ1) is 11.8. The predicted molar refractivity (Wildman–Crippen MR) is 92.5 cm³/mol. The van der Waals surface area contributed by atoms with Gasteiger partial charge in [-0.05, 0) is 44.5 Å². The number of thioether (sulfide) groups is 1. The fourth-order valence-electron chi connectivity index (χ4n) is 2.43. The van der Waals surface area contributed by atoms with Crippen molar-refractivity contribution in [2.24, 2.45) is 0 Å². The van der Waals surface area contributed by atoms with E-state index in [1.807, 2.05) is 0 Å². The minimum Gasteiger partial charge on any atom is -0.462 e. The van der Waals surface area contributed by atoms with Crippen LogP contribution in [0.3, 0.4) is 0 Å². The van der Waals surface area contributed by atoms with Crippen LogP contribution in [0.25, 0.3) is 0 Å². The number of alkyl halides is 2. The van der Waals surface area contributed by atoms with Gasteiger partial charge in [-0.1, -0.05) is 17.8 Å². The molecule has 8 heteroatoms. The van der Waals surface area contributed by atoms with E-state index in [-0.39, 0.29) is 12.3 Å². The van der Waals surface area contributed by atoms with E-state index >= 15 is 0 Å².